The maximum Gasteiger partial charge on any atom is 0.303 e. The third-order valence-electron chi connectivity index (χ3n) is 8.39. The first-order valence-corrected chi connectivity index (χ1v) is 16.6. The Morgan fingerprint density at radius 3 is 1.91 bits per heavy atom. The number of ether oxygens (including phenoxy) is 8. The smallest absolute Gasteiger partial charge is 0.303 e. The first kappa shape index (κ1) is 40.5. The van der Waals surface area contributed by atoms with E-state index >= 15 is 0 Å². The minimum atomic E-state index is -2.07. The molecule has 298 valence electrons. The second-order valence-corrected chi connectivity index (χ2v) is 12.6. The van der Waals surface area contributed by atoms with Crippen LogP contribution in [-0.2, 0) is 52.3 Å². The lowest BCUT2D eigenvalue weighted by molar-refractivity contribution is -0.322. The maximum atomic E-state index is 13.9. The molecule has 55 heavy (non-hydrogen) atoms. The molecule has 1 aromatic heterocycles. The fourth-order valence-corrected chi connectivity index (χ4v) is 6.11. The molecule has 2 fully saturated rings. The van der Waals surface area contributed by atoms with Gasteiger partial charge in [-0.2, -0.15) is 0 Å². The third-order valence-corrected chi connectivity index (χ3v) is 8.39. The van der Waals surface area contributed by atoms with Gasteiger partial charge in [-0.1, -0.05) is 0 Å². The van der Waals surface area contributed by atoms with Gasteiger partial charge in [-0.3, -0.25) is 24.0 Å². The molecule has 0 saturated carbocycles. The number of fused-ring (bicyclic) bond motifs is 1. The van der Waals surface area contributed by atoms with Crippen LogP contribution in [0.15, 0.2) is 39.5 Å². The van der Waals surface area contributed by atoms with Crippen molar-refractivity contribution in [3.8, 4) is 40.1 Å². The summed E-state index contributed by atoms with van der Waals surface area (Å²) in [5.41, 5.74) is -1.49. The average molecular weight is 779 g/mol. The van der Waals surface area contributed by atoms with E-state index in [4.69, 9.17) is 42.3 Å². The summed E-state index contributed by atoms with van der Waals surface area (Å²) in [5, 5.41) is 62.5. The first-order chi connectivity index (χ1) is 25.9. The number of hydrogen-bond acceptors (Lipinski definition) is 20. The summed E-state index contributed by atoms with van der Waals surface area (Å²) in [6, 6.07) is 5.13. The van der Waals surface area contributed by atoms with Crippen molar-refractivity contribution < 1.29 is 92.1 Å². The maximum absolute atomic E-state index is 13.9. The predicted octanol–water partition coefficient (Wildman–Crippen LogP) is 0.596. The van der Waals surface area contributed by atoms with E-state index in [1.54, 1.807) is 0 Å². The van der Waals surface area contributed by atoms with Gasteiger partial charge in [-0.15, -0.1) is 0 Å². The molecule has 6 N–H and O–H groups in total. The van der Waals surface area contributed by atoms with E-state index in [0.717, 1.165) is 52.0 Å². The number of aromatic hydroxyl groups is 4. The van der Waals surface area contributed by atoms with Crippen LogP contribution in [0, 0.1) is 0 Å². The minimum Gasteiger partial charge on any atom is -0.508 e. The number of rotatable bonds is 10. The Morgan fingerprint density at radius 2 is 1.29 bits per heavy atom. The number of carbonyl (C=O) groups is 4. The van der Waals surface area contributed by atoms with Crippen molar-refractivity contribution in [2.45, 2.75) is 96.0 Å². The lowest BCUT2D eigenvalue weighted by Crippen LogP contribution is -2.63. The summed E-state index contributed by atoms with van der Waals surface area (Å²) in [5.74, 6) is -6.99. The van der Waals surface area contributed by atoms with Gasteiger partial charge in [-0.25, -0.2) is 0 Å². The van der Waals surface area contributed by atoms with Crippen LogP contribution in [0.4, 0.5) is 0 Å². The fourth-order valence-electron chi connectivity index (χ4n) is 6.11. The Labute approximate surface area is 310 Å². The van der Waals surface area contributed by atoms with Gasteiger partial charge in [0.1, 0.15) is 40.8 Å². The van der Waals surface area contributed by atoms with Crippen LogP contribution < -0.4 is 10.2 Å². The van der Waals surface area contributed by atoms with E-state index < -0.39 is 137 Å². The molecule has 2 aliphatic heterocycles. The Hall–Kier alpha value is -5.67. The van der Waals surface area contributed by atoms with E-state index in [0.29, 0.717) is 0 Å². The zero-order chi connectivity index (χ0) is 40.5. The lowest BCUT2D eigenvalue weighted by Gasteiger charge is -2.45. The monoisotopic (exact) mass is 778 g/mol. The van der Waals surface area contributed by atoms with E-state index in [9.17, 15) is 54.6 Å². The van der Waals surface area contributed by atoms with Crippen molar-refractivity contribution in [1.29, 1.82) is 0 Å². The summed E-state index contributed by atoms with van der Waals surface area (Å²) >= 11 is 0. The van der Waals surface area contributed by atoms with Crippen LogP contribution in [0.5, 0.6) is 28.7 Å². The lowest BCUT2D eigenvalue weighted by atomic mass is 9.98. The van der Waals surface area contributed by atoms with E-state index in [2.05, 4.69) is 0 Å². The van der Waals surface area contributed by atoms with Crippen molar-refractivity contribution in [2.75, 3.05) is 6.61 Å². The molecule has 0 amide bonds. The van der Waals surface area contributed by atoms with Gasteiger partial charge in [-0.05, 0) is 25.1 Å². The highest BCUT2D eigenvalue weighted by atomic mass is 16.8. The van der Waals surface area contributed by atoms with Gasteiger partial charge in [0.15, 0.2) is 48.0 Å². The number of carbonyl (C=O) groups excluding carboxylic acids is 4. The average Bonchev–Trinajstić information content (AvgIpc) is 3.08. The number of esters is 4. The van der Waals surface area contributed by atoms with Crippen LogP contribution >= 0.6 is 0 Å². The Bertz CT molecular complexity index is 2010. The predicted molar refractivity (Wildman–Crippen MR) is 178 cm³/mol. The number of aliphatic hydroxyl groups is 2. The first-order valence-electron chi connectivity index (χ1n) is 16.6. The van der Waals surface area contributed by atoms with Crippen molar-refractivity contribution in [2.24, 2.45) is 0 Å². The molecule has 2 aliphatic rings. The summed E-state index contributed by atoms with van der Waals surface area (Å²) in [6.45, 7) is 4.96. The largest absolute Gasteiger partial charge is 0.508 e. The second-order valence-electron chi connectivity index (χ2n) is 12.6. The molecule has 3 heterocycles. The fraction of sp³-hybridized carbons (Fsp3) is 0.457. The molecule has 0 bridgehead atoms. The van der Waals surface area contributed by atoms with Gasteiger partial charge in [0.2, 0.25) is 17.5 Å². The number of phenolic OH excluding ortho intramolecular Hbond substituents is 4. The minimum absolute atomic E-state index is 0.0786. The van der Waals surface area contributed by atoms with Crippen molar-refractivity contribution in [3.63, 3.8) is 0 Å². The summed E-state index contributed by atoms with van der Waals surface area (Å²) in [7, 11) is 0. The quantitative estimate of drug-likeness (QED) is 0.0933. The number of aliphatic hydroxyl groups excluding tert-OH is 2. The molecule has 3 aromatic rings. The standard InChI is InChI=1S/C35H38O20/c1-12-28(49-13(2)36)32(51-15(4)38)33(52-16(5)39)35(48-12)47-11-23-30(50-14(3)37)26(45)27(46)34(54-23)55-31-25(44)24-21(43)9-18(40)10-22(24)53-29(31)17-6-7-19(41)20(42)8-17/h6-10,12,23,26-28,30,32-35,40-43,45-46H,11H2,1-5H3/t12-,23-,26-,27-,28-,30-,32+,33-,34+,35-/m0/s1. The van der Waals surface area contributed by atoms with Crippen LogP contribution in [0.3, 0.4) is 0 Å². The molecule has 20 nitrogen and oxygen atoms in total. The Kier molecular flexibility index (Phi) is 12.1. The van der Waals surface area contributed by atoms with Gasteiger partial charge >= 0.3 is 23.9 Å². The topological polar surface area (TPSA) is 294 Å². The van der Waals surface area contributed by atoms with Gasteiger partial charge < -0.3 is 73.0 Å². The molecule has 2 aromatic carbocycles. The van der Waals surface area contributed by atoms with Gasteiger partial charge in [0.25, 0.3) is 0 Å². The Morgan fingerprint density at radius 1 is 0.691 bits per heavy atom. The molecule has 0 spiro atoms. The van der Waals surface area contributed by atoms with Crippen LogP contribution in [0.1, 0.15) is 34.6 Å². The molecular weight excluding hydrogens is 740 g/mol. The second kappa shape index (κ2) is 16.4. The number of hydrogen-bond donors (Lipinski definition) is 6. The molecular formula is C35H38O20. The summed E-state index contributed by atoms with van der Waals surface area (Å²) in [6.07, 6.45) is -16.2. The van der Waals surface area contributed by atoms with E-state index in [-0.39, 0.29) is 11.1 Å². The van der Waals surface area contributed by atoms with Gasteiger partial charge in [0, 0.05) is 45.4 Å². The van der Waals surface area contributed by atoms with Crippen molar-refractivity contribution >= 4 is 34.8 Å². The van der Waals surface area contributed by atoms with Crippen LogP contribution in [0.25, 0.3) is 22.3 Å². The molecule has 0 radical (unpaired) electrons. The summed E-state index contributed by atoms with van der Waals surface area (Å²) < 4.78 is 50.6. The normalized spacial score (nSPS) is 27.8. The van der Waals surface area contributed by atoms with Crippen molar-refractivity contribution in [1.82, 2.24) is 0 Å². The van der Waals surface area contributed by atoms with E-state index in [1.165, 1.54) is 13.0 Å². The van der Waals surface area contributed by atoms with Gasteiger partial charge in [0.05, 0.1) is 12.7 Å². The van der Waals surface area contributed by atoms with Crippen LogP contribution in [-0.4, -0.2) is 123 Å². The van der Waals surface area contributed by atoms with Crippen molar-refractivity contribution in [3.05, 3.63) is 40.6 Å². The molecule has 10 atom stereocenters. The SMILES string of the molecule is CC(=O)O[C@H]1[C@H](OC(C)=O)[C@@H](OC[C@@H]2O[C@H](Oc3c(-c4ccc(O)c(O)c4)oc4cc(O)cc(O)c4c3=O)[C@@H](O)[C@H](O)[C@H]2OC(C)=O)O[C@@H](C)[C@@H]1OC(C)=O. The highest BCUT2D eigenvalue weighted by Crippen LogP contribution is 2.40. The molecule has 2 saturated heterocycles. The highest BCUT2D eigenvalue weighted by molar-refractivity contribution is 5.88. The molecule has 0 unspecified atom stereocenters. The number of phenols is 4. The molecule has 20 heteroatoms. The molecule has 5 rings (SSSR count). The zero-order valence-electron chi connectivity index (χ0n) is 29.8. The zero-order valence-corrected chi connectivity index (χ0v) is 29.8. The highest BCUT2D eigenvalue weighted by Gasteiger charge is 2.53. The summed E-state index contributed by atoms with van der Waals surface area (Å²) in [4.78, 5) is 62.1. The van der Waals surface area contributed by atoms with Crippen LogP contribution in [0.2, 0.25) is 0 Å². The van der Waals surface area contributed by atoms with E-state index in [1.807, 2.05) is 0 Å². The number of benzene rings is 2. The Balaban J connectivity index is 1.51. The third kappa shape index (κ3) is 8.84. The molecule has 0 aliphatic carbocycles.